The molecule has 0 atom stereocenters. The number of rotatable bonds is 1. The molecule has 1 aromatic rings. The standard InChI is InChI=1S/C10H12O/c1-8-5-3-4-6-10(8)9(2)7-11/h3-7,11H,1-2H3/b9-7-. The highest BCUT2D eigenvalue weighted by Crippen LogP contribution is 2.16. The lowest BCUT2D eigenvalue weighted by Gasteiger charge is -2.02. The third kappa shape index (κ3) is 1.61. The first-order chi connectivity index (χ1) is 5.25. The van der Waals surface area contributed by atoms with Gasteiger partial charge in [0.05, 0.1) is 6.26 Å². The van der Waals surface area contributed by atoms with Crippen LogP contribution in [0.15, 0.2) is 30.5 Å². The van der Waals surface area contributed by atoms with Gasteiger partial charge in [0, 0.05) is 0 Å². The molecule has 0 fully saturated rings. The van der Waals surface area contributed by atoms with Crippen LogP contribution in [0.4, 0.5) is 0 Å². The van der Waals surface area contributed by atoms with E-state index in [1.54, 1.807) is 0 Å². The lowest BCUT2D eigenvalue weighted by molar-refractivity contribution is 0.475. The number of benzene rings is 1. The summed E-state index contributed by atoms with van der Waals surface area (Å²) in [4.78, 5) is 0. The van der Waals surface area contributed by atoms with Crippen LogP contribution in [0.25, 0.3) is 5.57 Å². The van der Waals surface area contributed by atoms with Gasteiger partial charge in [-0.25, -0.2) is 0 Å². The summed E-state index contributed by atoms with van der Waals surface area (Å²) in [6, 6.07) is 7.98. The van der Waals surface area contributed by atoms with Gasteiger partial charge in [0.1, 0.15) is 0 Å². The number of aliphatic hydroxyl groups is 1. The van der Waals surface area contributed by atoms with Crippen molar-refractivity contribution in [2.24, 2.45) is 0 Å². The Morgan fingerprint density at radius 1 is 1.36 bits per heavy atom. The van der Waals surface area contributed by atoms with Gasteiger partial charge in [-0.15, -0.1) is 0 Å². The summed E-state index contributed by atoms with van der Waals surface area (Å²) in [5.41, 5.74) is 3.20. The van der Waals surface area contributed by atoms with E-state index >= 15 is 0 Å². The number of hydrogen-bond acceptors (Lipinski definition) is 1. The van der Waals surface area contributed by atoms with Crippen molar-refractivity contribution in [2.45, 2.75) is 13.8 Å². The molecule has 58 valence electrons. The zero-order chi connectivity index (χ0) is 8.27. The van der Waals surface area contributed by atoms with E-state index in [0.717, 1.165) is 17.4 Å². The monoisotopic (exact) mass is 148 g/mol. The van der Waals surface area contributed by atoms with Crippen molar-refractivity contribution in [2.75, 3.05) is 0 Å². The fraction of sp³-hybridized carbons (Fsp3) is 0.200. The molecule has 0 radical (unpaired) electrons. The molecule has 0 aliphatic rings. The minimum absolute atomic E-state index is 0.906. The first-order valence-corrected chi connectivity index (χ1v) is 3.62. The predicted octanol–water partition coefficient (Wildman–Crippen LogP) is 2.91. The minimum atomic E-state index is 0.906. The Morgan fingerprint density at radius 2 is 2.00 bits per heavy atom. The van der Waals surface area contributed by atoms with E-state index in [-0.39, 0.29) is 0 Å². The van der Waals surface area contributed by atoms with E-state index in [9.17, 15) is 0 Å². The van der Waals surface area contributed by atoms with E-state index < -0.39 is 0 Å². The quantitative estimate of drug-likeness (QED) is 0.607. The first kappa shape index (κ1) is 7.86. The lowest BCUT2D eigenvalue weighted by Crippen LogP contribution is -1.83. The Morgan fingerprint density at radius 3 is 2.55 bits per heavy atom. The largest absolute Gasteiger partial charge is 0.515 e. The van der Waals surface area contributed by atoms with Crippen LogP contribution in [0.1, 0.15) is 18.1 Å². The predicted molar refractivity (Wildman–Crippen MR) is 47.5 cm³/mol. The van der Waals surface area contributed by atoms with Crippen LogP contribution in [0, 0.1) is 6.92 Å². The van der Waals surface area contributed by atoms with E-state index in [4.69, 9.17) is 5.11 Å². The van der Waals surface area contributed by atoms with Gasteiger partial charge < -0.3 is 5.11 Å². The fourth-order valence-corrected chi connectivity index (χ4v) is 1.08. The lowest BCUT2D eigenvalue weighted by atomic mass is 10.0. The smallest absolute Gasteiger partial charge is 0.0826 e. The Kier molecular flexibility index (Phi) is 2.32. The molecule has 0 saturated carbocycles. The van der Waals surface area contributed by atoms with Gasteiger partial charge in [0.25, 0.3) is 0 Å². The van der Waals surface area contributed by atoms with Crippen LogP contribution in [0.5, 0.6) is 0 Å². The van der Waals surface area contributed by atoms with Crippen molar-refractivity contribution in [3.05, 3.63) is 41.7 Å². The van der Waals surface area contributed by atoms with Gasteiger partial charge in [0.2, 0.25) is 0 Å². The normalized spacial score (nSPS) is 11.6. The molecule has 11 heavy (non-hydrogen) atoms. The molecule has 0 spiro atoms. The average molecular weight is 148 g/mol. The molecule has 0 amide bonds. The summed E-state index contributed by atoms with van der Waals surface area (Å²) in [6.07, 6.45) is 1.14. The fourth-order valence-electron chi connectivity index (χ4n) is 1.08. The molecule has 0 bridgehead atoms. The molecular weight excluding hydrogens is 136 g/mol. The van der Waals surface area contributed by atoms with E-state index in [1.165, 1.54) is 5.56 Å². The molecule has 0 aromatic heterocycles. The summed E-state index contributed by atoms with van der Waals surface area (Å²) in [5.74, 6) is 0. The third-order valence-corrected chi connectivity index (χ3v) is 1.76. The van der Waals surface area contributed by atoms with Crippen LogP contribution in [-0.4, -0.2) is 5.11 Å². The van der Waals surface area contributed by atoms with Crippen LogP contribution in [-0.2, 0) is 0 Å². The summed E-state index contributed by atoms with van der Waals surface area (Å²) >= 11 is 0. The summed E-state index contributed by atoms with van der Waals surface area (Å²) in [7, 11) is 0. The van der Waals surface area contributed by atoms with Crippen molar-refractivity contribution in [3.8, 4) is 0 Å². The van der Waals surface area contributed by atoms with Gasteiger partial charge in [-0.1, -0.05) is 24.3 Å². The molecule has 0 heterocycles. The second kappa shape index (κ2) is 3.24. The molecule has 0 aliphatic carbocycles. The maximum atomic E-state index is 8.75. The molecule has 1 rings (SSSR count). The van der Waals surface area contributed by atoms with Crippen molar-refractivity contribution in [1.82, 2.24) is 0 Å². The number of hydrogen-bond donors (Lipinski definition) is 1. The van der Waals surface area contributed by atoms with E-state index in [2.05, 4.69) is 0 Å². The molecule has 0 aliphatic heterocycles. The summed E-state index contributed by atoms with van der Waals surface area (Å²) in [6.45, 7) is 3.92. The Hall–Kier alpha value is -1.24. The zero-order valence-corrected chi connectivity index (χ0v) is 6.83. The molecule has 0 unspecified atom stereocenters. The Bertz CT molecular complexity index is 274. The van der Waals surface area contributed by atoms with Crippen molar-refractivity contribution in [3.63, 3.8) is 0 Å². The van der Waals surface area contributed by atoms with Crippen molar-refractivity contribution in [1.29, 1.82) is 0 Å². The molecular formula is C10H12O. The van der Waals surface area contributed by atoms with E-state index in [0.29, 0.717) is 0 Å². The highest BCUT2D eigenvalue weighted by Gasteiger charge is 1.97. The van der Waals surface area contributed by atoms with Crippen LogP contribution >= 0.6 is 0 Å². The summed E-state index contributed by atoms with van der Waals surface area (Å²) < 4.78 is 0. The second-order valence-electron chi connectivity index (χ2n) is 2.63. The molecule has 1 heteroatoms. The Labute approximate surface area is 67.0 Å². The number of aliphatic hydroxyl groups excluding tert-OH is 1. The van der Waals surface area contributed by atoms with E-state index in [1.807, 2.05) is 38.1 Å². The second-order valence-corrected chi connectivity index (χ2v) is 2.63. The summed E-state index contributed by atoms with van der Waals surface area (Å²) in [5, 5.41) is 8.75. The molecule has 1 aromatic carbocycles. The average Bonchev–Trinajstić information content (AvgIpc) is 2.04. The molecule has 1 nitrogen and oxygen atoms in total. The van der Waals surface area contributed by atoms with Gasteiger partial charge in [-0.3, -0.25) is 0 Å². The first-order valence-electron chi connectivity index (χ1n) is 3.62. The molecule has 0 saturated heterocycles. The highest BCUT2D eigenvalue weighted by atomic mass is 16.2. The van der Waals surface area contributed by atoms with Crippen molar-refractivity contribution < 1.29 is 5.11 Å². The van der Waals surface area contributed by atoms with Crippen LogP contribution in [0.3, 0.4) is 0 Å². The minimum Gasteiger partial charge on any atom is -0.515 e. The SMILES string of the molecule is C/C(=C/O)c1ccccc1C. The maximum Gasteiger partial charge on any atom is 0.0826 e. The van der Waals surface area contributed by atoms with Crippen LogP contribution < -0.4 is 0 Å². The number of allylic oxidation sites excluding steroid dienone is 1. The third-order valence-electron chi connectivity index (χ3n) is 1.76. The van der Waals surface area contributed by atoms with Crippen molar-refractivity contribution >= 4 is 5.57 Å². The van der Waals surface area contributed by atoms with Crippen LogP contribution in [0.2, 0.25) is 0 Å². The maximum absolute atomic E-state index is 8.75. The van der Waals surface area contributed by atoms with Gasteiger partial charge in [0.15, 0.2) is 0 Å². The van der Waals surface area contributed by atoms with Gasteiger partial charge >= 0.3 is 0 Å². The Balaban J connectivity index is 3.14. The molecule has 1 N–H and O–H groups in total. The zero-order valence-electron chi connectivity index (χ0n) is 6.83. The topological polar surface area (TPSA) is 20.2 Å². The highest BCUT2D eigenvalue weighted by molar-refractivity contribution is 5.65. The number of aryl methyl sites for hydroxylation is 1. The van der Waals surface area contributed by atoms with Gasteiger partial charge in [-0.2, -0.15) is 0 Å². The van der Waals surface area contributed by atoms with Gasteiger partial charge in [-0.05, 0) is 30.5 Å².